The van der Waals surface area contributed by atoms with Crippen LogP contribution in [-0.2, 0) is 44.8 Å². The van der Waals surface area contributed by atoms with Crippen LogP contribution in [0, 0.1) is 11.3 Å². The van der Waals surface area contributed by atoms with Gasteiger partial charge in [0.05, 0.1) is 25.2 Å². The summed E-state index contributed by atoms with van der Waals surface area (Å²) in [5.74, 6) is -3.08. The summed E-state index contributed by atoms with van der Waals surface area (Å²) in [5.41, 5.74) is 5.66. The zero-order chi connectivity index (χ0) is 35.1. The number of nitrogens with one attached hydrogen (secondary N) is 4. The highest BCUT2D eigenvalue weighted by molar-refractivity contribution is 6.12. The topological polar surface area (TPSA) is 215 Å². The molecule has 1 heterocycles. The van der Waals surface area contributed by atoms with E-state index in [1.807, 2.05) is 0 Å². The van der Waals surface area contributed by atoms with Crippen molar-refractivity contribution in [3.8, 4) is 0 Å². The molecule has 0 saturated heterocycles. The highest BCUT2D eigenvalue weighted by Gasteiger charge is 2.29. The molecule has 0 aliphatic carbocycles. The van der Waals surface area contributed by atoms with E-state index in [-0.39, 0.29) is 57.6 Å². The molecule has 7 amide bonds. The molecule has 1 aromatic carbocycles. The van der Waals surface area contributed by atoms with Crippen molar-refractivity contribution < 1.29 is 43.0 Å². The monoisotopic (exact) mass is 658 g/mol. The molecule has 258 valence electrons. The molecule has 0 saturated carbocycles. The molecule has 0 radical (unpaired) electrons. The Labute approximate surface area is 274 Å². The fourth-order valence-corrected chi connectivity index (χ4v) is 4.18. The number of urea groups is 1. The largest absolute Gasteiger partial charge is 0.460 e. The molecule has 0 bridgehead atoms. The van der Waals surface area contributed by atoms with Crippen LogP contribution in [0.4, 0.5) is 10.5 Å². The summed E-state index contributed by atoms with van der Waals surface area (Å²) < 4.78 is 10.7. The number of carbonyl (C=O) groups excluding carboxylic acids is 7. The Morgan fingerprint density at radius 3 is 2.13 bits per heavy atom. The molecule has 0 unspecified atom stereocenters. The smallest absolute Gasteiger partial charge is 0.312 e. The van der Waals surface area contributed by atoms with E-state index in [0.717, 1.165) is 10.5 Å². The maximum absolute atomic E-state index is 13.3. The molecule has 1 aliphatic rings. The molecule has 1 aliphatic heterocycles. The second-order valence-electron chi connectivity index (χ2n) is 12.3. The number of rotatable bonds is 18. The Morgan fingerprint density at radius 1 is 0.915 bits per heavy atom. The molecule has 2 rings (SSSR count). The lowest BCUT2D eigenvalue weighted by atomic mass is 9.97. The molecule has 15 heteroatoms. The van der Waals surface area contributed by atoms with Crippen molar-refractivity contribution in [2.45, 2.75) is 72.6 Å². The Bertz CT molecular complexity index is 1300. The van der Waals surface area contributed by atoms with Crippen molar-refractivity contribution in [1.29, 1.82) is 0 Å². The molecule has 0 spiro atoms. The lowest BCUT2D eigenvalue weighted by Crippen LogP contribution is -2.54. The van der Waals surface area contributed by atoms with Gasteiger partial charge in [0.15, 0.2) is 0 Å². The minimum Gasteiger partial charge on any atom is -0.460 e. The van der Waals surface area contributed by atoms with Gasteiger partial charge in [-0.1, -0.05) is 26.0 Å². The lowest BCUT2D eigenvalue weighted by Gasteiger charge is -2.25. The highest BCUT2D eigenvalue weighted by atomic mass is 16.5. The van der Waals surface area contributed by atoms with Crippen LogP contribution in [-0.4, -0.2) is 84.8 Å². The van der Waals surface area contributed by atoms with Crippen LogP contribution in [0.25, 0.3) is 0 Å². The maximum atomic E-state index is 13.3. The van der Waals surface area contributed by atoms with Crippen molar-refractivity contribution in [2.24, 2.45) is 17.1 Å². The zero-order valence-electron chi connectivity index (χ0n) is 27.6. The van der Waals surface area contributed by atoms with E-state index < -0.39 is 53.1 Å². The molecule has 6 N–H and O–H groups in total. The van der Waals surface area contributed by atoms with Gasteiger partial charge < -0.3 is 36.5 Å². The van der Waals surface area contributed by atoms with Crippen LogP contribution in [0.3, 0.4) is 0 Å². The summed E-state index contributed by atoms with van der Waals surface area (Å²) in [6.45, 7) is 9.11. The zero-order valence-corrected chi connectivity index (χ0v) is 27.6. The highest BCUT2D eigenvalue weighted by Crippen LogP contribution is 2.18. The van der Waals surface area contributed by atoms with Gasteiger partial charge in [-0.2, -0.15) is 0 Å². The first-order chi connectivity index (χ1) is 22.1. The number of benzene rings is 1. The van der Waals surface area contributed by atoms with E-state index >= 15 is 0 Å². The summed E-state index contributed by atoms with van der Waals surface area (Å²) in [6.07, 6.45) is 2.74. The summed E-state index contributed by atoms with van der Waals surface area (Å²) in [6, 6.07) is 3.98. The molecule has 1 aromatic rings. The number of anilines is 1. The summed E-state index contributed by atoms with van der Waals surface area (Å²) in [4.78, 5) is 86.5. The third kappa shape index (κ3) is 13.6. The summed E-state index contributed by atoms with van der Waals surface area (Å²) in [5, 5.41) is 10.6. The standard InChI is InChI=1S/C32H46N6O9/c1-20(2)27(37-24(39)14-17-46-18-16-38-25(40)12-13-26(38)41)29(43)36-23(7-6-15-34-31(33)45)28(42)35-22-10-8-21(9-11-22)19-47-30(44)32(3,4)5/h8-13,20,23,27H,6-7,14-19H2,1-5H3,(H,35,42)(H,36,43)(H,37,39)(H3,33,34,45)/t23-,27-/m0/s1. The number of nitrogens with two attached hydrogens (primary N) is 1. The SMILES string of the molecule is CC(C)[C@H](NC(=O)CCOCCN1C(=O)C=CC1=O)C(=O)N[C@@H](CCCNC(N)=O)C(=O)Nc1ccc(COC(=O)C(C)(C)C)cc1. The van der Waals surface area contributed by atoms with E-state index in [4.69, 9.17) is 15.2 Å². The van der Waals surface area contributed by atoms with Gasteiger partial charge in [0.2, 0.25) is 17.7 Å². The van der Waals surface area contributed by atoms with Crippen LogP contribution >= 0.6 is 0 Å². The Balaban J connectivity index is 1.95. The van der Waals surface area contributed by atoms with Gasteiger partial charge in [0.25, 0.3) is 11.8 Å². The van der Waals surface area contributed by atoms with E-state index in [2.05, 4.69) is 21.3 Å². The Kier molecular flexibility index (Phi) is 15.0. The van der Waals surface area contributed by atoms with E-state index in [9.17, 15) is 33.6 Å². The fourth-order valence-electron chi connectivity index (χ4n) is 4.18. The number of primary amides is 1. The van der Waals surface area contributed by atoms with Gasteiger partial charge in [0, 0.05) is 30.8 Å². The minimum absolute atomic E-state index is 0.00236. The van der Waals surface area contributed by atoms with Gasteiger partial charge in [-0.25, -0.2) is 4.79 Å². The fraction of sp³-hybridized carbons (Fsp3) is 0.531. The van der Waals surface area contributed by atoms with Gasteiger partial charge >= 0.3 is 12.0 Å². The number of ether oxygens (including phenoxy) is 2. The number of esters is 1. The second kappa shape index (κ2) is 18.4. The van der Waals surface area contributed by atoms with E-state index in [0.29, 0.717) is 12.1 Å². The summed E-state index contributed by atoms with van der Waals surface area (Å²) >= 11 is 0. The third-order valence-corrected chi connectivity index (χ3v) is 6.90. The minimum atomic E-state index is -1.02. The van der Waals surface area contributed by atoms with Gasteiger partial charge in [-0.15, -0.1) is 0 Å². The van der Waals surface area contributed by atoms with Gasteiger partial charge in [-0.3, -0.25) is 33.7 Å². The first-order valence-corrected chi connectivity index (χ1v) is 15.4. The normalized spacial score (nSPS) is 14.0. The predicted molar refractivity (Wildman–Crippen MR) is 171 cm³/mol. The predicted octanol–water partition coefficient (Wildman–Crippen LogP) is 1.12. The number of hydrogen-bond donors (Lipinski definition) is 5. The third-order valence-electron chi connectivity index (χ3n) is 6.90. The first kappa shape index (κ1) is 38.4. The average Bonchev–Trinajstić information content (AvgIpc) is 3.32. The number of imide groups is 1. The maximum Gasteiger partial charge on any atom is 0.312 e. The van der Waals surface area contributed by atoms with E-state index in [1.165, 1.54) is 12.2 Å². The van der Waals surface area contributed by atoms with Gasteiger partial charge in [-0.05, 0) is 57.2 Å². The Hall–Kier alpha value is -4.79. The van der Waals surface area contributed by atoms with Crippen LogP contribution in [0.5, 0.6) is 0 Å². The summed E-state index contributed by atoms with van der Waals surface area (Å²) in [7, 11) is 0. The Morgan fingerprint density at radius 2 is 1.55 bits per heavy atom. The molecule has 2 atom stereocenters. The van der Waals surface area contributed by atoms with Crippen LogP contribution in [0.15, 0.2) is 36.4 Å². The lowest BCUT2D eigenvalue weighted by molar-refractivity contribution is -0.154. The van der Waals surface area contributed by atoms with E-state index in [1.54, 1.807) is 58.9 Å². The number of amides is 7. The number of nitrogens with zero attached hydrogens (tertiary/aromatic N) is 1. The molecule has 0 aromatic heterocycles. The van der Waals surface area contributed by atoms with Gasteiger partial charge in [0.1, 0.15) is 18.7 Å². The first-order valence-electron chi connectivity index (χ1n) is 15.4. The van der Waals surface area contributed by atoms with Crippen molar-refractivity contribution in [2.75, 3.05) is 31.6 Å². The molecule has 15 nitrogen and oxygen atoms in total. The van der Waals surface area contributed by atoms with Crippen LogP contribution < -0.4 is 27.0 Å². The number of carbonyl (C=O) groups is 7. The molecular formula is C32H46N6O9. The van der Waals surface area contributed by atoms with Crippen molar-refractivity contribution in [1.82, 2.24) is 20.9 Å². The van der Waals surface area contributed by atoms with Crippen molar-refractivity contribution in [3.05, 3.63) is 42.0 Å². The van der Waals surface area contributed by atoms with Crippen molar-refractivity contribution in [3.63, 3.8) is 0 Å². The molecule has 47 heavy (non-hydrogen) atoms. The average molecular weight is 659 g/mol. The molecular weight excluding hydrogens is 612 g/mol. The number of hydrogen-bond acceptors (Lipinski definition) is 9. The van der Waals surface area contributed by atoms with Crippen LogP contribution in [0.2, 0.25) is 0 Å². The molecule has 0 fully saturated rings. The van der Waals surface area contributed by atoms with Crippen molar-refractivity contribution >= 4 is 47.2 Å². The second-order valence-corrected chi connectivity index (χ2v) is 12.3. The quantitative estimate of drug-likeness (QED) is 0.0867. The van der Waals surface area contributed by atoms with Crippen LogP contribution in [0.1, 0.15) is 59.4 Å².